The lowest BCUT2D eigenvalue weighted by Gasteiger charge is -2.22. The zero-order valence-electron chi connectivity index (χ0n) is 11.2. The summed E-state index contributed by atoms with van der Waals surface area (Å²) in [6.45, 7) is 0.644. The molecular weight excluding hydrogens is 256 g/mol. The summed E-state index contributed by atoms with van der Waals surface area (Å²) < 4.78 is 0. The Balaban J connectivity index is 1.67. The molecule has 1 unspecified atom stereocenters. The second-order valence-electron chi connectivity index (χ2n) is 5.87. The Morgan fingerprint density at radius 3 is 2.89 bits per heavy atom. The lowest BCUT2D eigenvalue weighted by Crippen LogP contribution is -2.37. The van der Waals surface area contributed by atoms with Crippen LogP contribution in [0.4, 0.5) is 0 Å². The minimum Gasteiger partial charge on any atom is -0.348 e. The van der Waals surface area contributed by atoms with Gasteiger partial charge in [0, 0.05) is 10.8 Å². The number of hydrogen-bond acceptors (Lipinski definition) is 3. The molecule has 2 saturated carbocycles. The molecule has 3 N–H and O–H groups in total. The summed E-state index contributed by atoms with van der Waals surface area (Å²) in [5.74, 6) is 1.42. The van der Waals surface area contributed by atoms with Crippen molar-refractivity contribution in [2.24, 2.45) is 23.5 Å². The van der Waals surface area contributed by atoms with Crippen molar-refractivity contribution < 1.29 is 4.79 Å². The van der Waals surface area contributed by atoms with Crippen LogP contribution >= 0.6 is 11.3 Å². The summed E-state index contributed by atoms with van der Waals surface area (Å²) >= 11 is 1.75. The zero-order chi connectivity index (χ0) is 13.2. The molecule has 0 saturated heterocycles. The van der Waals surface area contributed by atoms with Gasteiger partial charge in [-0.2, -0.15) is 0 Å². The number of rotatable bonds is 5. The average Bonchev–Trinajstić information content (AvgIpc) is 2.95. The summed E-state index contributed by atoms with van der Waals surface area (Å²) in [5.41, 5.74) is 5.78. The van der Waals surface area contributed by atoms with Crippen molar-refractivity contribution in [1.29, 1.82) is 0 Å². The van der Waals surface area contributed by atoms with Gasteiger partial charge in [0.15, 0.2) is 0 Å². The molecule has 0 bridgehead atoms. The van der Waals surface area contributed by atoms with Crippen LogP contribution in [0.2, 0.25) is 0 Å². The highest BCUT2D eigenvalue weighted by Gasteiger charge is 2.37. The van der Waals surface area contributed by atoms with Crippen molar-refractivity contribution in [3.05, 3.63) is 22.4 Å². The van der Waals surface area contributed by atoms with Crippen molar-refractivity contribution in [2.75, 3.05) is 6.54 Å². The highest BCUT2D eigenvalue weighted by atomic mass is 32.1. The van der Waals surface area contributed by atoms with Gasteiger partial charge in [-0.15, -0.1) is 11.3 Å². The number of carbonyl (C=O) groups excluding carboxylic acids is 1. The molecule has 3 atom stereocenters. The molecule has 19 heavy (non-hydrogen) atoms. The lowest BCUT2D eigenvalue weighted by molar-refractivity contribution is -0.126. The third kappa shape index (κ3) is 2.84. The van der Waals surface area contributed by atoms with Gasteiger partial charge in [-0.25, -0.2) is 0 Å². The van der Waals surface area contributed by atoms with E-state index in [9.17, 15) is 4.79 Å². The summed E-state index contributed by atoms with van der Waals surface area (Å²) in [4.78, 5) is 13.8. The van der Waals surface area contributed by atoms with Crippen LogP contribution in [0.15, 0.2) is 17.5 Å². The fourth-order valence-electron chi connectivity index (χ4n) is 3.24. The molecular formula is C15H22N2OS. The molecule has 1 aromatic heterocycles. The molecule has 0 aliphatic heterocycles. The van der Waals surface area contributed by atoms with Gasteiger partial charge in [-0.1, -0.05) is 12.5 Å². The topological polar surface area (TPSA) is 55.1 Å². The molecule has 2 aliphatic rings. The summed E-state index contributed by atoms with van der Waals surface area (Å²) in [6.07, 6.45) is 5.76. The van der Waals surface area contributed by atoms with E-state index in [1.807, 2.05) is 0 Å². The Morgan fingerprint density at radius 2 is 2.26 bits per heavy atom. The van der Waals surface area contributed by atoms with E-state index in [1.54, 1.807) is 11.3 Å². The molecule has 4 heteroatoms. The first-order valence-electron chi connectivity index (χ1n) is 7.33. The average molecular weight is 278 g/mol. The highest BCUT2D eigenvalue weighted by Crippen LogP contribution is 2.43. The van der Waals surface area contributed by atoms with Crippen LogP contribution in [0.5, 0.6) is 0 Å². The number of amides is 1. The Labute approximate surface area is 118 Å². The van der Waals surface area contributed by atoms with Crippen molar-refractivity contribution in [1.82, 2.24) is 5.32 Å². The number of hydrogen-bond donors (Lipinski definition) is 2. The van der Waals surface area contributed by atoms with Crippen LogP contribution in [-0.2, 0) is 4.79 Å². The largest absolute Gasteiger partial charge is 0.348 e. The summed E-state index contributed by atoms with van der Waals surface area (Å²) in [7, 11) is 0. The monoisotopic (exact) mass is 278 g/mol. The van der Waals surface area contributed by atoms with Crippen LogP contribution in [0.3, 0.4) is 0 Å². The van der Waals surface area contributed by atoms with E-state index in [0.29, 0.717) is 18.4 Å². The normalized spacial score (nSPS) is 28.3. The Bertz CT molecular complexity index is 427. The molecule has 3 rings (SSSR count). The molecule has 0 aromatic carbocycles. The number of carbonyl (C=O) groups is 1. The quantitative estimate of drug-likeness (QED) is 0.870. The van der Waals surface area contributed by atoms with Gasteiger partial charge >= 0.3 is 0 Å². The van der Waals surface area contributed by atoms with Gasteiger partial charge < -0.3 is 11.1 Å². The van der Waals surface area contributed by atoms with Gasteiger partial charge in [0.1, 0.15) is 0 Å². The first-order chi connectivity index (χ1) is 9.29. The smallest absolute Gasteiger partial charge is 0.223 e. The third-order valence-corrected chi connectivity index (χ3v) is 5.49. The maximum atomic E-state index is 12.5. The number of nitrogens with two attached hydrogens (primary N) is 1. The number of thiophene rings is 1. The van der Waals surface area contributed by atoms with Crippen LogP contribution in [0, 0.1) is 17.8 Å². The molecule has 0 radical (unpaired) electrons. The first kappa shape index (κ1) is 13.1. The maximum Gasteiger partial charge on any atom is 0.223 e. The van der Waals surface area contributed by atoms with Crippen LogP contribution in [0.1, 0.15) is 43.0 Å². The minimum atomic E-state index is 0.145. The second-order valence-corrected chi connectivity index (χ2v) is 6.85. The minimum absolute atomic E-state index is 0.145. The molecule has 104 valence electrons. The van der Waals surface area contributed by atoms with Gasteiger partial charge in [0.05, 0.1) is 6.04 Å². The van der Waals surface area contributed by atoms with Crippen LogP contribution < -0.4 is 11.1 Å². The van der Waals surface area contributed by atoms with E-state index in [0.717, 1.165) is 19.3 Å². The highest BCUT2D eigenvalue weighted by molar-refractivity contribution is 7.10. The molecule has 3 nitrogen and oxygen atoms in total. The van der Waals surface area contributed by atoms with E-state index < -0.39 is 0 Å². The van der Waals surface area contributed by atoms with E-state index in [-0.39, 0.29) is 17.9 Å². The Kier molecular flexibility index (Phi) is 3.89. The molecule has 1 amide bonds. The molecule has 2 aliphatic carbocycles. The van der Waals surface area contributed by atoms with E-state index >= 15 is 0 Å². The van der Waals surface area contributed by atoms with E-state index in [1.165, 1.54) is 17.7 Å². The fraction of sp³-hybridized carbons (Fsp3) is 0.667. The van der Waals surface area contributed by atoms with Crippen LogP contribution in [-0.4, -0.2) is 12.5 Å². The summed E-state index contributed by atoms with van der Waals surface area (Å²) in [5, 5.41) is 5.40. The van der Waals surface area contributed by atoms with Gasteiger partial charge in [-0.05, 0) is 55.5 Å². The SMILES string of the molecule is NC[C@H]1CCC[C@H]1C(=O)NC(c1cccs1)C1CC1. The molecule has 0 spiro atoms. The van der Waals surface area contributed by atoms with Crippen molar-refractivity contribution >= 4 is 17.2 Å². The summed E-state index contributed by atoms with van der Waals surface area (Å²) in [6, 6.07) is 4.45. The maximum absolute atomic E-state index is 12.5. The second kappa shape index (κ2) is 5.63. The predicted molar refractivity (Wildman–Crippen MR) is 77.8 cm³/mol. The predicted octanol–water partition coefficient (Wildman–Crippen LogP) is 2.69. The van der Waals surface area contributed by atoms with Crippen molar-refractivity contribution in [2.45, 2.75) is 38.1 Å². The van der Waals surface area contributed by atoms with E-state index in [4.69, 9.17) is 5.73 Å². The standard InChI is InChI=1S/C15H22N2OS/c16-9-11-3-1-4-12(11)15(18)17-14(10-6-7-10)13-5-2-8-19-13/h2,5,8,10-12,14H,1,3-4,6-7,9,16H2,(H,17,18)/t11-,12-,14?/m1/s1. The molecule has 1 heterocycles. The zero-order valence-corrected chi connectivity index (χ0v) is 12.0. The van der Waals surface area contributed by atoms with Gasteiger partial charge in [0.25, 0.3) is 0 Å². The molecule has 2 fully saturated rings. The van der Waals surface area contributed by atoms with Gasteiger partial charge in [0.2, 0.25) is 5.91 Å². The first-order valence-corrected chi connectivity index (χ1v) is 8.21. The van der Waals surface area contributed by atoms with Gasteiger partial charge in [-0.3, -0.25) is 4.79 Å². The Morgan fingerprint density at radius 1 is 1.42 bits per heavy atom. The molecule has 1 aromatic rings. The van der Waals surface area contributed by atoms with E-state index in [2.05, 4.69) is 22.8 Å². The van der Waals surface area contributed by atoms with Crippen molar-refractivity contribution in [3.63, 3.8) is 0 Å². The van der Waals surface area contributed by atoms with Crippen LogP contribution in [0.25, 0.3) is 0 Å². The Hall–Kier alpha value is -0.870. The van der Waals surface area contributed by atoms with Crippen molar-refractivity contribution in [3.8, 4) is 0 Å². The third-order valence-electron chi connectivity index (χ3n) is 4.54. The number of nitrogens with one attached hydrogen (secondary N) is 1. The fourth-order valence-corrected chi connectivity index (χ4v) is 4.11. The lowest BCUT2D eigenvalue weighted by atomic mass is 9.94.